The fourth-order valence-electron chi connectivity index (χ4n) is 1.21. The quantitative estimate of drug-likeness (QED) is 0.669. The van der Waals surface area contributed by atoms with Crippen molar-refractivity contribution in [3.8, 4) is 0 Å². The molecule has 0 radical (unpaired) electrons. The van der Waals surface area contributed by atoms with Crippen LogP contribution in [0, 0.1) is 0 Å². The maximum Gasteiger partial charge on any atom is 0.250 e. The number of aryl methyl sites for hydroxylation is 2. The van der Waals surface area contributed by atoms with Gasteiger partial charge in [-0.05, 0) is 18.4 Å². The summed E-state index contributed by atoms with van der Waals surface area (Å²) in [6.07, 6.45) is 3.95. The first-order chi connectivity index (χ1) is 5.77. The first-order valence-electron chi connectivity index (χ1n) is 4.47. The smallest absolute Gasteiger partial charge is 0.250 e. The van der Waals surface area contributed by atoms with E-state index in [0.29, 0.717) is 0 Å². The van der Waals surface area contributed by atoms with Crippen LogP contribution in [0.2, 0.25) is 0 Å². The molecule has 0 aliphatic rings. The lowest BCUT2D eigenvalue weighted by molar-refractivity contribution is 0.649. The number of rotatable bonds is 3. The summed E-state index contributed by atoms with van der Waals surface area (Å²) in [6.45, 7) is 4.99. The Kier molecular flexibility index (Phi) is 3.09. The zero-order valence-corrected chi connectivity index (χ0v) is 7.71. The predicted octanol–water partition coefficient (Wildman–Crippen LogP) is 1.82. The molecule has 0 aliphatic heterocycles. The van der Waals surface area contributed by atoms with Gasteiger partial charge in [0.15, 0.2) is 0 Å². The molecule has 1 aromatic heterocycles. The minimum Gasteiger partial charge on any atom is -0.315 e. The van der Waals surface area contributed by atoms with Gasteiger partial charge in [-0.15, -0.1) is 0 Å². The van der Waals surface area contributed by atoms with Crippen molar-refractivity contribution in [2.75, 3.05) is 0 Å². The molecule has 66 valence electrons. The number of nitrogens with zero attached hydrogens (tertiary/aromatic N) is 1. The predicted molar refractivity (Wildman–Crippen MR) is 50.4 cm³/mol. The van der Waals surface area contributed by atoms with Crippen molar-refractivity contribution >= 4 is 0 Å². The summed E-state index contributed by atoms with van der Waals surface area (Å²) in [5.41, 5.74) is 1.33. The molecule has 0 amide bonds. The molecule has 0 saturated carbocycles. The van der Waals surface area contributed by atoms with E-state index in [1.54, 1.807) is 10.6 Å². The van der Waals surface area contributed by atoms with Gasteiger partial charge in [0.1, 0.15) is 0 Å². The van der Waals surface area contributed by atoms with Gasteiger partial charge < -0.3 is 4.57 Å². The lowest BCUT2D eigenvalue weighted by Crippen LogP contribution is -2.18. The van der Waals surface area contributed by atoms with E-state index in [0.717, 1.165) is 19.4 Å². The second-order valence-electron chi connectivity index (χ2n) is 2.92. The van der Waals surface area contributed by atoms with Crippen molar-refractivity contribution in [3.63, 3.8) is 0 Å². The van der Waals surface area contributed by atoms with Crippen molar-refractivity contribution in [2.45, 2.75) is 33.2 Å². The van der Waals surface area contributed by atoms with Crippen LogP contribution in [0.3, 0.4) is 0 Å². The normalized spacial score (nSPS) is 10.2. The van der Waals surface area contributed by atoms with Crippen LogP contribution in [0.1, 0.15) is 25.8 Å². The standard InChI is InChI=1S/C10H15NO/c1-3-7-11-8-9(4-2)5-6-10(11)12/h5-6,8H,3-4,7H2,1-2H3. The van der Waals surface area contributed by atoms with Gasteiger partial charge in [-0.2, -0.15) is 0 Å². The molecule has 0 bridgehead atoms. The largest absolute Gasteiger partial charge is 0.315 e. The topological polar surface area (TPSA) is 22.0 Å². The Morgan fingerprint density at radius 3 is 2.67 bits per heavy atom. The Morgan fingerprint density at radius 1 is 1.33 bits per heavy atom. The van der Waals surface area contributed by atoms with Crippen molar-refractivity contribution in [1.29, 1.82) is 0 Å². The lowest BCUT2D eigenvalue weighted by Gasteiger charge is -2.04. The van der Waals surface area contributed by atoms with Crippen LogP contribution in [-0.2, 0) is 13.0 Å². The monoisotopic (exact) mass is 165 g/mol. The summed E-state index contributed by atoms with van der Waals surface area (Å²) in [5.74, 6) is 0. The molecule has 1 aromatic rings. The van der Waals surface area contributed by atoms with Crippen molar-refractivity contribution in [1.82, 2.24) is 4.57 Å². The van der Waals surface area contributed by atoms with Crippen molar-refractivity contribution in [2.24, 2.45) is 0 Å². The van der Waals surface area contributed by atoms with Gasteiger partial charge in [-0.3, -0.25) is 4.79 Å². The molecule has 0 spiro atoms. The number of hydrogen-bond donors (Lipinski definition) is 0. The molecule has 0 aromatic carbocycles. The van der Waals surface area contributed by atoms with Crippen LogP contribution in [0.5, 0.6) is 0 Å². The Balaban J connectivity index is 3.00. The van der Waals surface area contributed by atoms with Gasteiger partial charge in [0.25, 0.3) is 5.56 Å². The van der Waals surface area contributed by atoms with Gasteiger partial charge in [-0.25, -0.2) is 0 Å². The van der Waals surface area contributed by atoms with Crippen LogP contribution >= 0.6 is 0 Å². The van der Waals surface area contributed by atoms with E-state index < -0.39 is 0 Å². The highest BCUT2D eigenvalue weighted by Crippen LogP contribution is 1.96. The van der Waals surface area contributed by atoms with Gasteiger partial charge in [0.05, 0.1) is 0 Å². The molecule has 2 nitrogen and oxygen atoms in total. The first kappa shape index (κ1) is 9.04. The van der Waals surface area contributed by atoms with Crippen molar-refractivity contribution < 1.29 is 0 Å². The minimum absolute atomic E-state index is 0.106. The van der Waals surface area contributed by atoms with Crippen LogP contribution < -0.4 is 5.56 Å². The minimum atomic E-state index is 0.106. The Labute approximate surface area is 72.8 Å². The van der Waals surface area contributed by atoms with Crippen LogP contribution in [0.15, 0.2) is 23.1 Å². The zero-order valence-electron chi connectivity index (χ0n) is 7.71. The third-order valence-electron chi connectivity index (χ3n) is 1.92. The van der Waals surface area contributed by atoms with Gasteiger partial charge in [-0.1, -0.05) is 19.9 Å². The van der Waals surface area contributed by atoms with E-state index in [-0.39, 0.29) is 5.56 Å². The molecule has 0 atom stereocenters. The molecule has 1 heterocycles. The van der Waals surface area contributed by atoms with E-state index >= 15 is 0 Å². The molecule has 2 heteroatoms. The number of pyridine rings is 1. The van der Waals surface area contributed by atoms with Gasteiger partial charge in [0.2, 0.25) is 0 Å². The lowest BCUT2D eigenvalue weighted by atomic mass is 10.2. The molecule has 0 fully saturated rings. The Hall–Kier alpha value is -1.05. The maximum atomic E-state index is 11.2. The van der Waals surface area contributed by atoms with E-state index in [4.69, 9.17) is 0 Å². The molecule has 12 heavy (non-hydrogen) atoms. The maximum absolute atomic E-state index is 11.2. The van der Waals surface area contributed by atoms with E-state index in [1.165, 1.54) is 5.56 Å². The molecule has 0 aliphatic carbocycles. The highest BCUT2D eigenvalue weighted by Gasteiger charge is 1.94. The van der Waals surface area contributed by atoms with Crippen molar-refractivity contribution in [3.05, 3.63) is 34.2 Å². The summed E-state index contributed by atoms with van der Waals surface area (Å²) in [6, 6.07) is 3.54. The van der Waals surface area contributed by atoms with Crippen LogP contribution in [-0.4, -0.2) is 4.57 Å². The summed E-state index contributed by atoms with van der Waals surface area (Å²) in [7, 11) is 0. The second kappa shape index (κ2) is 4.10. The molecule has 1 rings (SSSR count). The molecular weight excluding hydrogens is 150 g/mol. The summed E-state index contributed by atoms with van der Waals surface area (Å²) < 4.78 is 1.78. The summed E-state index contributed by atoms with van der Waals surface area (Å²) in [4.78, 5) is 11.2. The van der Waals surface area contributed by atoms with Gasteiger partial charge in [0, 0.05) is 18.8 Å². The molecule has 0 saturated heterocycles. The summed E-state index contributed by atoms with van der Waals surface area (Å²) in [5, 5.41) is 0. The molecule has 0 N–H and O–H groups in total. The number of aromatic nitrogens is 1. The fraction of sp³-hybridized carbons (Fsp3) is 0.500. The third-order valence-corrected chi connectivity index (χ3v) is 1.92. The molecular formula is C10H15NO. The molecule has 0 unspecified atom stereocenters. The van der Waals surface area contributed by atoms with Crippen LogP contribution in [0.25, 0.3) is 0 Å². The average Bonchev–Trinajstić information content (AvgIpc) is 2.09. The first-order valence-corrected chi connectivity index (χ1v) is 4.47. The highest BCUT2D eigenvalue weighted by molar-refractivity contribution is 5.09. The van der Waals surface area contributed by atoms with Gasteiger partial charge >= 0.3 is 0 Å². The van der Waals surface area contributed by atoms with E-state index in [9.17, 15) is 4.79 Å². The van der Waals surface area contributed by atoms with E-state index in [2.05, 4.69) is 13.8 Å². The summed E-state index contributed by atoms with van der Waals surface area (Å²) >= 11 is 0. The second-order valence-corrected chi connectivity index (χ2v) is 2.92. The fourth-order valence-corrected chi connectivity index (χ4v) is 1.21. The highest BCUT2D eigenvalue weighted by atomic mass is 16.1. The average molecular weight is 165 g/mol. The Morgan fingerprint density at radius 2 is 2.08 bits per heavy atom. The van der Waals surface area contributed by atoms with Crippen LogP contribution in [0.4, 0.5) is 0 Å². The Bertz CT molecular complexity index is 301. The number of hydrogen-bond acceptors (Lipinski definition) is 1. The zero-order chi connectivity index (χ0) is 8.97. The van der Waals surface area contributed by atoms with E-state index in [1.807, 2.05) is 12.3 Å². The third kappa shape index (κ3) is 1.97. The SMILES string of the molecule is CCCn1cc(CC)ccc1=O.